The quantitative estimate of drug-likeness (QED) is 0.622. The molecule has 17 heavy (non-hydrogen) atoms. The summed E-state index contributed by atoms with van der Waals surface area (Å²) in [6.45, 7) is 0.325. The number of anilines is 1. The van der Waals surface area contributed by atoms with Gasteiger partial charge in [-0.2, -0.15) is 13.2 Å². The van der Waals surface area contributed by atoms with Gasteiger partial charge in [-0.05, 0) is 31.0 Å². The highest BCUT2D eigenvalue weighted by Crippen LogP contribution is 2.31. The van der Waals surface area contributed by atoms with E-state index >= 15 is 0 Å². The summed E-state index contributed by atoms with van der Waals surface area (Å²) in [7, 11) is 0. The molecular weight excluding hydrogens is 238 g/mol. The first-order chi connectivity index (χ1) is 7.95. The monoisotopic (exact) mass is 251 g/mol. The van der Waals surface area contributed by atoms with Gasteiger partial charge in [-0.3, -0.25) is 0 Å². The summed E-state index contributed by atoms with van der Waals surface area (Å²) in [5, 5.41) is 11.1. The zero-order valence-corrected chi connectivity index (χ0v) is 9.02. The van der Waals surface area contributed by atoms with Gasteiger partial charge in [0.1, 0.15) is 5.82 Å². The predicted octanol–water partition coefficient (Wildman–Crippen LogP) is 3.03. The minimum Gasteiger partial charge on any atom is -0.396 e. The molecule has 0 heterocycles. The molecule has 0 aliphatic carbocycles. The lowest BCUT2D eigenvalue weighted by molar-refractivity contribution is -0.137. The van der Waals surface area contributed by atoms with Crippen LogP contribution in [0.2, 0.25) is 0 Å². The van der Waals surface area contributed by atoms with Crippen molar-refractivity contribution in [3.63, 3.8) is 0 Å². The molecule has 2 nitrogen and oxygen atoms in total. The highest BCUT2D eigenvalue weighted by atomic mass is 19.4. The Bertz CT molecular complexity index is 365. The maximum absolute atomic E-state index is 13.2. The van der Waals surface area contributed by atoms with Crippen LogP contribution in [0.4, 0.5) is 23.2 Å². The van der Waals surface area contributed by atoms with Crippen molar-refractivity contribution in [2.24, 2.45) is 0 Å². The van der Waals surface area contributed by atoms with Crippen LogP contribution in [0.25, 0.3) is 0 Å². The van der Waals surface area contributed by atoms with Crippen molar-refractivity contribution < 1.29 is 22.7 Å². The lowest BCUT2D eigenvalue weighted by Gasteiger charge is -2.11. The van der Waals surface area contributed by atoms with Gasteiger partial charge in [0, 0.05) is 13.2 Å². The number of alkyl halides is 3. The fourth-order valence-electron chi connectivity index (χ4n) is 1.30. The molecule has 0 spiro atoms. The van der Waals surface area contributed by atoms with E-state index in [-0.39, 0.29) is 12.3 Å². The van der Waals surface area contributed by atoms with Gasteiger partial charge in [0.05, 0.1) is 11.3 Å². The maximum atomic E-state index is 13.2. The number of aliphatic hydroxyl groups excluding tert-OH is 1. The number of hydrogen-bond donors (Lipinski definition) is 2. The third-order valence-electron chi connectivity index (χ3n) is 2.19. The molecule has 96 valence electrons. The van der Waals surface area contributed by atoms with Gasteiger partial charge in [-0.1, -0.05) is 0 Å². The average molecular weight is 251 g/mol. The summed E-state index contributed by atoms with van der Waals surface area (Å²) in [6.07, 6.45) is -3.39. The Hall–Kier alpha value is -1.30. The van der Waals surface area contributed by atoms with E-state index in [2.05, 4.69) is 5.32 Å². The van der Waals surface area contributed by atoms with Crippen LogP contribution < -0.4 is 5.32 Å². The van der Waals surface area contributed by atoms with Crippen LogP contribution in [-0.4, -0.2) is 18.3 Å². The van der Waals surface area contributed by atoms with Crippen LogP contribution in [-0.2, 0) is 6.18 Å². The van der Waals surface area contributed by atoms with E-state index in [0.29, 0.717) is 25.5 Å². The summed E-state index contributed by atoms with van der Waals surface area (Å²) in [4.78, 5) is 0. The Morgan fingerprint density at radius 1 is 1.18 bits per heavy atom. The molecule has 0 amide bonds. The minimum absolute atomic E-state index is 0.00670. The second-order valence-corrected chi connectivity index (χ2v) is 3.55. The topological polar surface area (TPSA) is 32.3 Å². The molecule has 1 aromatic rings. The number of nitrogens with one attached hydrogen (secondary N) is 1. The summed E-state index contributed by atoms with van der Waals surface area (Å²) in [5.74, 6) is -0.720. The molecule has 0 saturated carbocycles. The van der Waals surface area contributed by atoms with E-state index in [1.54, 1.807) is 0 Å². The van der Waals surface area contributed by atoms with E-state index in [4.69, 9.17) is 5.11 Å². The number of halogens is 4. The molecule has 0 aromatic heterocycles. The summed E-state index contributed by atoms with van der Waals surface area (Å²) in [5.41, 5.74) is -1.05. The van der Waals surface area contributed by atoms with Crippen molar-refractivity contribution in [3.8, 4) is 0 Å². The van der Waals surface area contributed by atoms with Gasteiger partial charge in [0.15, 0.2) is 0 Å². The van der Waals surface area contributed by atoms with Gasteiger partial charge in [0.2, 0.25) is 0 Å². The van der Waals surface area contributed by atoms with E-state index in [0.717, 1.165) is 12.1 Å². The molecule has 1 rings (SSSR count). The standard InChI is InChI=1S/C11H13F4NO/c12-9-4-3-8(11(13,14)15)7-10(9)16-5-1-2-6-17/h3-4,7,16-17H,1-2,5-6H2. The van der Waals surface area contributed by atoms with Gasteiger partial charge in [-0.25, -0.2) is 4.39 Å². The number of hydrogen-bond acceptors (Lipinski definition) is 2. The Labute approximate surface area is 96.3 Å². The van der Waals surface area contributed by atoms with Crippen molar-refractivity contribution >= 4 is 5.69 Å². The number of aliphatic hydroxyl groups is 1. The van der Waals surface area contributed by atoms with Crippen molar-refractivity contribution in [2.45, 2.75) is 19.0 Å². The number of unbranched alkanes of at least 4 members (excludes halogenated alkanes) is 1. The van der Waals surface area contributed by atoms with E-state index < -0.39 is 17.6 Å². The normalized spacial score (nSPS) is 11.6. The largest absolute Gasteiger partial charge is 0.416 e. The van der Waals surface area contributed by atoms with Crippen LogP contribution in [0, 0.1) is 5.82 Å². The average Bonchev–Trinajstić information content (AvgIpc) is 2.25. The predicted molar refractivity (Wildman–Crippen MR) is 56.2 cm³/mol. The SMILES string of the molecule is OCCCCNc1cc(C(F)(F)F)ccc1F. The molecular formula is C11H13F4NO. The zero-order valence-electron chi connectivity index (χ0n) is 9.02. The molecule has 0 unspecified atom stereocenters. The van der Waals surface area contributed by atoms with Crippen LogP contribution in [0.5, 0.6) is 0 Å². The Balaban J connectivity index is 2.70. The molecule has 2 N–H and O–H groups in total. The first kappa shape index (κ1) is 13.8. The molecule has 0 radical (unpaired) electrons. The van der Waals surface area contributed by atoms with E-state index in [1.807, 2.05) is 0 Å². The first-order valence-electron chi connectivity index (χ1n) is 5.16. The maximum Gasteiger partial charge on any atom is 0.416 e. The Morgan fingerprint density at radius 2 is 1.88 bits per heavy atom. The smallest absolute Gasteiger partial charge is 0.396 e. The van der Waals surface area contributed by atoms with Gasteiger partial charge in [-0.15, -0.1) is 0 Å². The Kier molecular flexibility index (Phi) is 4.74. The van der Waals surface area contributed by atoms with Gasteiger partial charge >= 0.3 is 6.18 Å². The summed E-state index contributed by atoms with van der Waals surface area (Å²) >= 11 is 0. The van der Waals surface area contributed by atoms with Gasteiger partial charge < -0.3 is 10.4 Å². The first-order valence-corrected chi connectivity index (χ1v) is 5.16. The molecule has 0 atom stereocenters. The van der Waals surface area contributed by atoms with Crippen LogP contribution >= 0.6 is 0 Å². The van der Waals surface area contributed by atoms with E-state index in [1.165, 1.54) is 0 Å². The second-order valence-electron chi connectivity index (χ2n) is 3.55. The van der Waals surface area contributed by atoms with E-state index in [9.17, 15) is 17.6 Å². The van der Waals surface area contributed by atoms with Gasteiger partial charge in [0.25, 0.3) is 0 Å². The Morgan fingerprint density at radius 3 is 2.47 bits per heavy atom. The fraction of sp³-hybridized carbons (Fsp3) is 0.455. The zero-order chi connectivity index (χ0) is 12.9. The van der Waals surface area contributed by atoms with Crippen LogP contribution in [0.3, 0.4) is 0 Å². The number of rotatable bonds is 5. The molecule has 0 aliphatic rings. The fourth-order valence-corrected chi connectivity index (χ4v) is 1.30. The van der Waals surface area contributed by atoms with Crippen molar-refractivity contribution in [3.05, 3.63) is 29.6 Å². The van der Waals surface area contributed by atoms with Crippen molar-refractivity contribution in [1.29, 1.82) is 0 Å². The highest BCUT2D eigenvalue weighted by molar-refractivity contribution is 5.47. The van der Waals surface area contributed by atoms with Crippen LogP contribution in [0.1, 0.15) is 18.4 Å². The number of benzene rings is 1. The van der Waals surface area contributed by atoms with Crippen LogP contribution in [0.15, 0.2) is 18.2 Å². The van der Waals surface area contributed by atoms with Crippen molar-refractivity contribution in [1.82, 2.24) is 0 Å². The molecule has 1 aromatic carbocycles. The lowest BCUT2D eigenvalue weighted by atomic mass is 10.2. The molecule has 0 bridgehead atoms. The third kappa shape index (κ3) is 4.22. The van der Waals surface area contributed by atoms with Crippen molar-refractivity contribution in [2.75, 3.05) is 18.5 Å². The summed E-state index contributed by atoms with van der Waals surface area (Å²) in [6, 6.07) is 2.24. The minimum atomic E-state index is -4.48. The summed E-state index contributed by atoms with van der Waals surface area (Å²) < 4.78 is 50.3. The highest BCUT2D eigenvalue weighted by Gasteiger charge is 2.31. The molecule has 0 fully saturated rings. The molecule has 6 heteroatoms. The third-order valence-corrected chi connectivity index (χ3v) is 2.19. The molecule has 0 saturated heterocycles. The second kappa shape index (κ2) is 5.86. The molecule has 0 aliphatic heterocycles. The lowest BCUT2D eigenvalue weighted by Crippen LogP contribution is -2.09.